The number of hydrogen-bond donors (Lipinski definition) is 2. The molecule has 1 saturated carbocycles. The zero-order valence-electron chi connectivity index (χ0n) is 13.4. The average molecular weight is 294 g/mol. The summed E-state index contributed by atoms with van der Waals surface area (Å²) in [5, 5.41) is 0. The Labute approximate surface area is 126 Å². The lowest BCUT2D eigenvalue weighted by Gasteiger charge is -2.49. The summed E-state index contributed by atoms with van der Waals surface area (Å²) in [6.45, 7) is 3.47. The second kappa shape index (κ2) is 6.17. The van der Waals surface area contributed by atoms with Gasteiger partial charge in [0.1, 0.15) is 11.5 Å². The number of nitrogens with one attached hydrogen (secondary N) is 1. The monoisotopic (exact) mass is 294 g/mol. The summed E-state index contributed by atoms with van der Waals surface area (Å²) >= 11 is 0. The van der Waals surface area contributed by atoms with Gasteiger partial charge in [-0.3, -0.25) is 15.1 Å². The quantitative estimate of drug-likeness (QED) is 0.467. The molecule has 118 valence electrons. The Morgan fingerprint density at radius 3 is 2.57 bits per heavy atom. The number of nitrogens with zero attached hydrogens (tertiary/aromatic N) is 2. The van der Waals surface area contributed by atoms with E-state index in [0.29, 0.717) is 17.9 Å². The van der Waals surface area contributed by atoms with Crippen LogP contribution in [0.1, 0.15) is 41.1 Å². The van der Waals surface area contributed by atoms with Crippen molar-refractivity contribution in [3.05, 3.63) is 23.2 Å². The topological polar surface area (TPSA) is 74.7 Å². The summed E-state index contributed by atoms with van der Waals surface area (Å²) in [6, 6.07) is 1.77. The molecule has 1 heterocycles. The standard InChI is InChI=1S/C15H26N4O2/c1-11-13(14(20)17-16)8-12(21-11)9-19(4)10-15(18(2)3)6-5-7-15/h8H,5-7,9-10,16H2,1-4H3,(H,17,20). The third-order valence-electron chi connectivity index (χ3n) is 4.57. The van der Waals surface area contributed by atoms with Crippen molar-refractivity contribution in [1.29, 1.82) is 0 Å². The van der Waals surface area contributed by atoms with Crippen LogP contribution in [-0.2, 0) is 6.54 Å². The van der Waals surface area contributed by atoms with Gasteiger partial charge in [0.2, 0.25) is 0 Å². The summed E-state index contributed by atoms with van der Waals surface area (Å²) in [4.78, 5) is 16.2. The minimum Gasteiger partial charge on any atom is -0.464 e. The molecule has 0 aromatic carbocycles. The van der Waals surface area contributed by atoms with Crippen molar-refractivity contribution in [3.8, 4) is 0 Å². The van der Waals surface area contributed by atoms with Gasteiger partial charge < -0.3 is 9.32 Å². The lowest BCUT2D eigenvalue weighted by Crippen LogP contribution is -2.56. The highest BCUT2D eigenvalue weighted by atomic mass is 16.3. The lowest BCUT2D eigenvalue weighted by atomic mass is 9.75. The molecule has 0 radical (unpaired) electrons. The van der Waals surface area contributed by atoms with Crippen LogP contribution in [0.4, 0.5) is 0 Å². The molecule has 1 aromatic heterocycles. The Morgan fingerprint density at radius 2 is 2.10 bits per heavy atom. The molecule has 0 atom stereocenters. The fourth-order valence-electron chi connectivity index (χ4n) is 3.08. The van der Waals surface area contributed by atoms with Crippen LogP contribution in [0.15, 0.2) is 10.5 Å². The maximum atomic E-state index is 11.6. The Bertz CT molecular complexity index is 506. The highest BCUT2D eigenvalue weighted by Gasteiger charge is 2.39. The van der Waals surface area contributed by atoms with Gasteiger partial charge in [0.25, 0.3) is 5.91 Å². The molecule has 1 aliphatic carbocycles. The molecule has 0 bridgehead atoms. The molecule has 1 amide bonds. The molecule has 0 aliphatic heterocycles. The van der Waals surface area contributed by atoms with Crippen LogP contribution in [-0.4, -0.2) is 48.9 Å². The summed E-state index contributed by atoms with van der Waals surface area (Å²) in [6.07, 6.45) is 3.78. The Hall–Kier alpha value is -1.37. The molecule has 0 spiro atoms. The predicted molar refractivity (Wildman–Crippen MR) is 81.7 cm³/mol. The smallest absolute Gasteiger partial charge is 0.268 e. The van der Waals surface area contributed by atoms with Gasteiger partial charge in [-0.1, -0.05) is 0 Å². The van der Waals surface area contributed by atoms with E-state index in [4.69, 9.17) is 10.3 Å². The minimum absolute atomic E-state index is 0.286. The molecule has 0 saturated heterocycles. The van der Waals surface area contributed by atoms with Crippen molar-refractivity contribution in [3.63, 3.8) is 0 Å². The zero-order chi connectivity index (χ0) is 15.6. The first-order valence-electron chi connectivity index (χ1n) is 7.34. The van der Waals surface area contributed by atoms with Gasteiger partial charge in [-0.05, 0) is 53.4 Å². The van der Waals surface area contributed by atoms with Crippen molar-refractivity contribution in [2.45, 2.75) is 38.3 Å². The molecular weight excluding hydrogens is 268 g/mol. The molecule has 1 aliphatic rings. The summed E-state index contributed by atoms with van der Waals surface area (Å²) in [5.41, 5.74) is 2.93. The molecule has 21 heavy (non-hydrogen) atoms. The average Bonchev–Trinajstić information content (AvgIpc) is 2.73. The van der Waals surface area contributed by atoms with E-state index >= 15 is 0 Å². The fraction of sp³-hybridized carbons (Fsp3) is 0.667. The Balaban J connectivity index is 2.00. The van der Waals surface area contributed by atoms with E-state index in [2.05, 4.69) is 36.4 Å². The van der Waals surface area contributed by atoms with Crippen LogP contribution >= 0.6 is 0 Å². The van der Waals surface area contributed by atoms with Crippen molar-refractivity contribution in [1.82, 2.24) is 15.2 Å². The number of rotatable bonds is 6. The van der Waals surface area contributed by atoms with Gasteiger partial charge in [0.15, 0.2) is 0 Å². The molecule has 3 N–H and O–H groups in total. The molecule has 0 unspecified atom stereocenters. The number of carbonyl (C=O) groups excluding carboxylic acids is 1. The zero-order valence-corrected chi connectivity index (χ0v) is 13.4. The predicted octanol–water partition coefficient (Wildman–Crippen LogP) is 1.11. The number of hydrazine groups is 1. The highest BCUT2D eigenvalue weighted by molar-refractivity contribution is 5.94. The maximum absolute atomic E-state index is 11.6. The van der Waals surface area contributed by atoms with Gasteiger partial charge in [-0.25, -0.2) is 5.84 Å². The number of amides is 1. The van der Waals surface area contributed by atoms with Crippen molar-refractivity contribution in [2.75, 3.05) is 27.7 Å². The van der Waals surface area contributed by atoms with Crippen LogP contribution in [0, 0.1) is 6.92 Å². The number of likely N-dealkylation sites (N-methyl/N-ethyl adjacent to an activating group) is 2. The summed E-state index contributed by atoms with van der Waals surface area (Å²) in [7, 11) is 6.38. The number of nitrogen functional groups attached to an aromatic ring is 1. The van der Waals surface area contributed by atoms with Gasteiger partial charge in [-0.2, -0.15) is 0 Å². The van der Waals surface area contributed by atoms with Gasteiger partial charge in [-0.15, -0.1) is 0 Å². The number of furan rings is 1. The van der Waals surface area contributed by atoms with E-state index < -0.39 is 0 Å². The third-order valence-corrected chi connectivity index (χ3v) is 4.57. The fourth-order valence-corrected chi connectivity index (χ4v) is 3.08. The Morgan fingerprint density at radius 1 is 1.43 bits per heavy atom. The van der Waals surface area contributed by atoms with Gasteiger partial charge >= 0.3 is 0 Å². The number of nitrogens with two attached hydrogens (primary N) is 1. The van der Waals surface area contributed by atoms with E-state index in [9.17, 15) is 4.79 Å². The summed E-state index contributed by atoms with van der Waals surface area (Å²) < 4.78 is 5.66. The van der Waals surface area contributed by atoms with Crippen LogP contribution in [0.3, 0.4) is 0 Å². The molecule has 1 fully saturated rings. The van der Waals surface area contributed by atoms with Crippen LogP contribution in [0.2, 0.25) is 0 Å². The van der Waals surface area contributed by atoms with E-state index in [-0.39, 0.29) is 11.4 Å². The molecule has 6 heteroatoms. The summed E-state index contributed by atoms with van der Waals surface area (Å²) in [5.74, 6) is 6.25. The first kappa shape index (κ1) is 16.0. The maximum Gasteiger partial charge on any atom is 0.268 e. The van der Waals surface area contributed by atoms with Crippen molar-refractivity contribution in [2.24, 2.45) is 5.84 Å². The van der Waals surface area contributed by atoms with Crippen molar-refractivity contribution >= 4 is 5.91 Å². The lowest BCUT2D eigenvalue weighted by molar-refractivity contribution is 0.0243. The molecular formula is C15H26N4O2. The van der Waals surface area contributed by atoms with Crippen LogP contribution in [0.5, 0.6) is 0 Å². The first-order valence-corrected chi connectivity index (χ1v) is 7.34. The third kappa shape index (κ3) is 3.28. The second-order valence-corrected chi connectivity index (χ2v) is 6.30. The van der Waals surface area contributed by atoms with Crippen molar-refractivity contribution < 1.29 is 9.21 Å². The normalized spacial score (nSPS) is 17.1. The largest absolute Gasteiger partial charge is 0.464 e. The first-order chi connectivity index (χ1) is 9.88. The van der Waals surface area contributed by atoms with E-state index in [1.807, 2.05) is 0 Å². The molecule has 1 aromatic rings. The molecule has 6 nitrogen and oxygen atoms in total. The van der Waals surface area contributed by atoms with Crippen LogP contribution < -0.4 is 11.3 Å². The number of hydrogen-bond acceptors (Lipinski definition) is 5. The highest BCUT2D eigenvalue weighted by Crippen LogP contribution is 2.36. The minimum atomic E-state index is -0.311. The number of carbonyl (C=O) groups is 1. The van der Waals surface area contributed by atoms with E-state index in [0.717, 1.165) is 12.3 Å². The number of aryl methyl sites for hydroxylation is 1. The van der Waals surface area contributed by atoms with E-state index in [1.54, 1.807) is 13.0 Å². The van der Waals surface area contributed by atoms with E-state index in [1.165, 1.54) is 19.3 Å². The van der Waals surface area contributed by atoms with Gasteiger partial charge in [0, 0.05) is 12.1 Å². The van der Waals surface area contributed by atoms with Crippen LogP contribution in [0.25, 0.3) is 0 Å². The Kier molecular flexibility index (Phi) is 4.70. The van der Waals surface area contributed by atoms with Gasteiger partial charge in [0.05, 0.1) is 12.1 Å². The second-order valence-electron chi connectivity index (χ2n) is 6.30. The SMILES string of the molecule is Cc1oc(CN(C)CC2(N(C)C)CCC2)cc1C(=O)NN. The molecule has 2 rings (SSSR count).